The van der Waals surface area contributed by atoms with E-state index in [9.17, 15) is 0 Å². The lowest BCUT2D eigenvalue weighted by atomic mass is 10.1. The van der Waals surface area contributed by atoms with Crippen molar-refractivity contribution in [1.82, 2.24) is 4.57 Å². The average Bonchev–Trinajstić information content (AvgIpc) is 3.26. The Balaban J connectivity index is 1.58. The van der Waals surface area contributed by atoms with Crippen LogP contribution >= 0.6 is 0 Å². The Labute approximate surface area is 166 Å². The van der Waals surface area contributed by atoms with Crippen molar-refractivity contribution in [2.24, 2.45) is 0 Å². The number of nitrogens with zero attached hydrogens (tertiary/aromatic N) is 2. The van der Waals surface area contributed by atoms with Crippen LogP contribution in [0.3, 0.4) is 0 Å². The summed E-state index contributed by atoms with van der Waals surface area (Å²) in [6.07, 6.45) is 2.03. The molecule has 0 amide bonds. The molecule has 0 saturated heterocycles. The minimum atomic E-state index is 0.930. The molecular weight excluding hydrogens is 340 g/mol. The van der Waals surface area contributed by atoms with E-state index in [-0.39, 0.29) is 0 Å². The molecule has 1 aromatic heterocycles. The van der Waals surface area contributed by atoms with Gasteiger partial charge in [0.2, 0.25) is 5.69 Å². The van der Waals surface area contributed by atoms with Crippen molar-refractivity contribution in [2.45, 2.75) is 32.9 Å². The van der Waals surface area contributed by atoms with Gasteiger partial charge in [-0.2, -0.15) is 4.58 Å². The Morgan fingerprint density at radius 2 is 1.61 bits per heavy atom. The minimum absolute atomic E-state index is 0.930. The molecule has 5 rings (SSSR count). The van der Waals surface area contributed by atoms with Crippen molar-refractivity contribution < 1.29 is 4.58 Å². The third-order valence-electron chi connectivity index (χ3n) is 5.84. The zero-order valence-corrected chi connectivity index (χ0v) is 16.3. The van der Waals surface area contributed by atoms with Crippen molar-refractivity contribution in [1.29, 1.82) is 0 Å². The number of benzene rings is 3. The Hall–Kier alpha value is -3.13. The topological polar surface area (TPSA) is 7.94 Å². The maximum Gasteiger partial charge on any atom is 0.209 e. The van der Waals surface area contributed by atoms with Gasteiger partial charge in [-0.25, -0.2) is 0 Å². The molecule has 1 aliphatic rings. The summed E-state index contributed by atoms with van der Waals surface area (Å²) in [5.41, 5.74) is 8.39. The SMILES string of the molecule is CCn1c(CC2=[N+](Cc3ccccc3)c3ccccc3C2)cc2ccccc21. The van der Waals surface area contributed by atoms with E-state index in [4.69, 9.17) is 0 Å². The Kier molecular flexibility index (Phi) is 4.32. The molecule has 28 heavy (non-hydrogen) atoms. The van der Waals surface area contributed by atoms with Crippen LogP contribution in [0.15, 0.2) is 84.9 Å². The zero-order chi connectivity index (χ0) is 18.9. The number of para-hydroxylation sites is 2. The largest absolute Gasteiger partial charge is 0.344 e. The molecule has 0 spiro atoms. The highest BCUT2D eigenvalue weighted by Crippen LogP contribution is 2.30. The highest BCUT2D eigenvalue weighted by molar-refractivity contribution is 5.90. The van der Waals surface area contributed by atoms with Gasteiger partial charge in [-0.15, -0.1) is 0 Å². The summed E-state index contributed by atoms with van der Waals surface area (Å²) >= 11 is 0. The van der Waals surface area contributed by atoms with E-state index < -0.39 is 0 Å². The average molecular weight is 366 g/mol. The number of hydrogen-bond acceptors (Lipinski definition) is 0. The molecule has 0 atom stereocenters. The molecular formula is C26H25N2+. The smallest absolute Gasteiger partial charge is 0.209 e. The summed E-state index contributed by atoms with van der Waals surface area (Å²) in [6, 6.07) is 30.7. The van der Waals surface area contributed by atoms with Crippen LogP contribution in [0.5, 0.6) is 0 Å². The van der Waals surface area contributed by atoms with E-state index in [1.165, 1.54) is 39.1 Å². The van der Waals surface area contributed by atoms with Crippen molar-refractivity contribution in [3.05, 3.63) is 102 Å². The van der Waals surface area contributed by atoms with Crippen LogP contribution in [0, 0.1) is 0 Å². The summed E-state index contributed by atoms with van der Waals surface area (Å²) in [5.74, 6) is 0. The van der Waals surface area contributed by atoms with Crippen molar-refractivity contribution in [2.75, 3.05) is 0 Å². The first-order chi connectivity index (χ1) is 13.8. The van der Waals surface area contributed by atoms with Gasteiger partial charge in [0.1, 0.15) is 0 Å². The van der Waals surface area contributed by atoms with E-state index in [0.29, 0.717) is 0 Å². The first-order valence-electron chi connectivity index (χ1n) is 10.1. The van der Waals surface area contributed by atoms with E-state index in [0.717, 1.165) is 25.9 Å². The molecule has 4 aromatic rings. The van der Waals surface area contributed by atoms with Gasteiger partial charge in [0.25, 0.3) is 0 Å². The van der Waals surface area contributed by atoms with Crippen molar-refractivity contribution >= 4 is 22.3 Å². The van der Waals surface area contributed by atoms with Crippen molar-refractivity contribution in [3.8, 4) is 0 Å². The summed E-state index contributed by atoms with van der Waals surface area (Å²) in [6.45, 7) is 4.17. The van der Waals surface area contributed by atoms with Crippen LogP contribution in [0.4, 0.5) is 5.69 Å². The van der Waals surface area contributed by atoms with Crippen LogP contribution in [-0.2, 0) is 25.9 Å². The molecule has 2 heteroatoms. The fourth-order valence-electron chi connectivity index (χ4n) is 4.53. The van der Waals surface area contributed by atoms with Crippen LogP contribution in [0.25, 0.3) is 10.9 Å². The fourth-order valence-corrected chi connectivity index (χ4v) is 4.53. The number of aromatic nitrogens is 1. The Morgan fingerprint density at radius 3 is 2.46 bits per heavy atom. The number of rotatable bonds is 5. The normalized spacial score (nSPS) is 13.3. The standard InChI is InChI=1S/C26H25N2/c1-2-27-23(16-21-12-6-8-14-25(21)27)18-24-17-22-13-7-9-15-26(22)28(24)19-20-10-4-3-5-11-20/h3-16H,2,17-19H2,1H3/q+1. The van der Waals surface area contributed by atoms with Gasteiger partial charge < -0.3 is 4.57 Å². The number of aryl methyl sites for hydroxylation is 1. The molecule has 2 heterocycles. The summed E-state index contributed by atoms with van der Waals surface area (Å²) in [7, 11) is 0. The predicted molar refractivity (Wildman–Crippen MR) is 117 cm³/mol. The van der Waals surface area contributed by atoms with Gasteiger partial charge in [-0.3, -0.25) is 0 Å². The molecule has 0 saturated carbocycles. The van der Waals surface area contributed by atoms with Crippen LogP contribution in [0.1, 0.15) is 23.7 Å². The summed E-state index contributed by atoms with van der Waals surface area (Å²) in [5, 5.41) is 1.34. The Bertz CT molecular complexity index is 1170. The molecule has 0 aliphatic carbocycles. The number of hydrogen-bond donors (Lipinski definition) is 0. The predicted octanol–water partition coefficient (Wildman–Crippen LogP) is 5.75. The lowest BCUT2D eigenvalue weighted by Gasteiger charge is -2.08. The molecule has 0 N–H and O–H groups in total. The first kappa shape index (κ1) is 17.0. The third kappa shape index (κ3) is 2.95. The second-order valence-corrected chi connectivity index (χ2v) is 7.56. The highest BCUT2D eigenvalue weighted by atomic mass is 15.0. The first-order valence-corrected chi connectivity index (χ1v) is 10.1. The van der Waals surface area contributed by atoms with Gasteiger partial charge >= 0.3 is 0 Å². The zero-order valence-electron chi connectivity index (χ0n) is 16.3. The lowest BCUT2D eigenvalue weighted by molar-refractivity contribution is -0.456. The molecule has 1 aliphatic heterocycles. The quantitative estimate of drug-likeness (QED) is 0.398. The summed E-state index contributed by atoms with van der Waals surface area (Å²) in [4.78, 5) is 0. The lowest BCUT2D eigenvalue weighted by Crippen LogP contribution is -2.17. The Morgan fingerprint density at radius 1 is 0.857 bits per heavy atom. The van der Waals surface area contributed by atoms with E-state index in [1.807, 2.05) is 0 Å². The van der Waals surface area contributed by atoms with Gasteiger partial charge in [0.05, 0.1) is 12.8 Å². The van der Waals surface area contributed by atoms with Gasteiger partial charge in [0.15, 0.2) is 12.3 Å². The van der Waals surface area contributed by atoms with Gasteiger partial charge in [0, 0.05) is 34.9 Å². The molecule has 0 bridgehead atoms. The summed E-state index contributed by atoms with van der Waals surface area (Å²) < 4.78 is 4.99. The van der Waals surface area contributed by atoms with E-state index >= 15 is 0 Å². The second kappa shape index (κ2) is 7.12. The van der Waals surface area contributed by atoms with Crippen molar-refractivity contribution in [3.63, 3.8) is 0 Å². The molecule has 2 nitrogen and oxygen atoms in total. The molecule has 3 aromatic carbocycles. The molecule has 0 unspecified atom stereocenters. The maximum atomic E-state index is 2.53. The van der Waals surface area contributed by atoms with Crippen LogP contribution in [0.2, 0.25) is 0 Å². The van der Waals surface area contributed by atoms with Crippen LogP contribution in [-0.4, -0.2) is 14.9 Å². The maximum absolute atomic E-state index is 2.53. The minimum Gasteiger partial charge on any atom is -0.344 e. The van der Waals surface area contributed by atoms with E-state index in [1.54, 1.807) is 0 Å². The number of fused-ring (bicyclic) bond motifs is 2. The molecule has 0 radical (unpaired) electrons. The van der Waals surface area contributed by atoms with Gasteiger partial charge in [-0.1, -0.05) is 66.7 Å². The monoisotopic (exact) mass is 365 g/mol. The van der Waals surface area contributed by atoms with Crippen LogP contribution < -0.4 is 0 Å². The second-order valence-electron chi connectivity index (χ2n) is 7.56. The third-order valence-corrected chi connectivity index (χ3v) is 5.84. The van der Waals surface area contributed by atoms with Gasteiger partial charge in [-0.05, 0) is 24.4 Å². The van der Waals surface area contributed by atoms with E-state index in [2.05, 4.69) is 101 Å². The molecule has 138 valence electrons. The molecule has 0 fully saturated rings. The highest BCUT2D eigenvalue weighted by Gasteiger charge is 2.30. The fraction of sp³-hybridized carbons (Fsp3) is 0.192.